The van der Waals surface area contributed by atoms with Crippen molar-refractivity contribution in [2.45, 2.75) is 37.4 Å². The van der Waals surface area contributed by atoms with Crippen LogP contribution in [-0.2, 0) is 38.4 Å². The molecule has 0 saturated carbocycles. The molecule has 0 aliphatic carbocycles. The zero-order valence-corrected chi connectivity index (χ0v) is 16.9. The van der Waals surface area contributed by atoms with E-state index in [1.807, 2.05) is 0 Å². The first-order chi connectivity index (χ1) is 12.8. The van der Waals surface area contributed by atoms with Crippen LogP contribution in [-0.4, -0.2) is 54.3 Å². The third-order valence-electron chi connectivity index (χ3n) is 2.63. The molecule has 170 valence electrons. The molecular formula is C12H15F5O9S3. The van der Waals surface area contributed by atoms with Gasteiger partial charge in [0.25, 0.3) is 26.7 Å². The molecule has 1 aromatic rings. The first-order valence-electron chi connectivity index (χ1n) is 7.06. The van der Waals surface area contributed by atoms with Crippen molar-refractivity contribution in [1.82, 2.24) is 0 Å². The number of halogens is 5. The molecule has 1 atom stereocenters. The number of rotatable bonds is 7. The van der Waals surface area contributed by atoms with Crippen molar-refractivity contribution in [1.29, 1.82) is 0 Å². The van der Waals surface area contributed by atoms with Crippen molar-refractivity contribution in [3.63, 3.8) is 0 Å². The van der Waals surface area contributed by atoms with Crippen molar-refractivity contribution in [2.24, 2.45) is 0 Å². The second-order valence-corrected chi connectivity index (χ2v) is 9.67. The topological polar surface area (TPSA) is 141 Å². The summed E-state index contributed by atoms with van der Waals surface area (Å²) in [7, 11) is -13.9. The molecule has 0 amide bonds. The van der Waals surface area contributed by atoms with Gasteiger partial charge in [-0.2, -0.15) is 38.4 Å². The third kappa shape index (κ3) is 10.8. The molecule has 1 unspecified atom stereocenters. The largest absolute Gasteiger partial charge is 0.421 e. The fraction of sp³-hybridized carbons (Fsp3) is 0.500. The molecule has 29 heavy (non-hydrogen) atoms. The summed E-state index contributed by atoms with van der Waals surface area (Å²) in [4.78, 5) is -0.618. The van der Waals surface area contributed by atoms with Gasteiger partial charge in [0.1, 0.15) is 0 Å². The lowest BCUT2D eigenvalue weighted by Crippen LogP contribution is -2.39. The monoisotopic (exact) mass is 494 g/mol. The van der Waals surface area contributed by atoms with Crippen LogP contribution in [0.5, 0.6) is 0 Å². The zero-order chi connectivity index (χ0) is 23.3. The van der Waals surface area contributed by atoms with Crippen LogP contribution in [0.25, 0.3) is 0 Å². The summed E-state index contributed by atoms with van der Waals surface area (Å²) in [6.45, 7) is 2.80. The number of aryl methyl sites for hydroxylation is 1. The van der Waals surface area contributed by atoms with Crippen LogP contribution in [0.1, 0.15) is 12.5 Å². The van der Waals surface area contributed by atoms with Crippen LogP contribution < -0.4 is 0 Å². The predicted molar refractivity (Wildman–Crippen MR) is 87.4 cm³/mol. The molecule has 1 rings (SSSR count). The summed E-state index contributed by atoms with van der Waals surface area (Å²) in [6.07, 6.45) is -13.2. The first kappa shape index (κ1) is 27.6. The maximum Gasteiger partial charge on any atom is 0.421 e. The maximum absolute atomic E-state index is 12.2. The van der Waals surface area contributed by atoms with E-state index in [9.17, 15) is 47.2 Å². The maximum atomic E-state index is 12.2. The average molecular weight is 494 g/mol. The lowest BCUT2D eigenvalue weighted by molar-refractivity contribution is -0.226. The summed E-state index contributed by atoms with van der Waals surface area (Å²) in [5.74, 6) is -0.507. The Morgan fingerprint density at radius 1 is 1.00 bits per heavy atom. The Morgan fingerprint density at radius 2 is 1.45 bits per heavy atom. The Morgan fingerprint density at radius 3 is 1.72 bits per heavy atom. The van der Waals surface area contributed by atoms with Crippen molar-refractivity contribution in [3.8, 4) is 0 Å². The van der Waals surface area contributed by atoms with E-state index in [0.717, 1.165) is 12.1 Å². The highest BCUT2D eigenvalue weighted by Crippen LogP contribution is 2.30. The van der Waals surface area contributed by atoms with Crippen LogP contribution in [0.3, 0.4) is 0 Å². The van der Waals surface area contributed by atoms with Gasteiger partial charge in [-0.1, -0.05) is 17.7 Å². The summed E-state index contributed by atoms with van der Waals surface area (Å²) in [6, 6.07) is 4.57. The van der Waals surface area contributed by atoms with E-state index in [4.69, 9.17) is 4.55 Å². The van der Waals surface area contributed by atoms with Gasteiger partial charge in [-0.15, -0.1) is 3.63 Å². The van der Waals surface area contributed by atoms with Gasteiger partial charge in [-0.05, 0) is 26.0 Å². The van der Waals surface area contributed by atoms with Gasteiger partial charge in [0.05, 0.1) is 10.6 Å². The highest BCUT2D eigenvalue weighted by Gasteiger charge is 2.50. The lowest BCUT2D eigenvalue weighted by Gasteiger charge is -2.19. The average Bonchev–Trinajstić information content (AvgIpc) is 2.50. The predicted octanol–water partition coefficient (Wildman–Crippen LogP) is 2.05. The molecule has 0 saturated heterocycles. The van der Waals surface area contributed by atoms with Crippen molar-refractivity contribution >= 4 is 30.6 Å². The van der Waals surface area contributed by atoms with Gasteiger partial charge in [0.2, 0.25) is 6.10 Å². The fourth-order valence-corrected chi connectivity index (χ4v) is 3.80. The van der Waals surface area contributed by atoms with Crippen molar-refractivity contribution in [2.75, 3.05) is 5.75 Å². The SMILES string of the molecule is CCS(=O)(=O)OS(=O)(=O)O.Cc1ccc(S(=O)(=O)OC(C(F)F)C(F)(F)F)cc1. The van der Waals surface area contributed by atoms with E-state index in [1.54, 1.807) is 6.92 Å². The zero-order valence-electron chi connectivity index (χ0n) is 14.5. The molecule has 0 aliphatic heterocycles. The minimum Gasteiger partial charge on any atom is -0.263 e. The third-order valence-corrected chi connectivity index (χ3v) is 6.17. The quantitative estimate of drug-likeness (QED) is 0.342. The van der Waals surface area contributed by atoms with Crippen LogP contribution >= 0.6 is 0 Å². The van der Waals surface area contributed by atoms with Crippen LogP contribution in [0.15, 0.2) is 29.2 Å². The fourth-order valence-electron chi connectivity index (χ4n) is 1.32. The van der Waals surface area contributed by atoms with E-state index in [2.05, 4.69) is 7.81 Å². The molecule has 0 bridgehead atoms. The molecule has 1 N–H and O–H groups in total. The van der Waals surface area contributed by atoms with Gasteiger partial charge < -0.3 is 0 Å². The molecule has 0 aliphatic rings. The molecule has 0 spiro atoms. The molecule has 0 radical (unpaired) electrons. The molecule has 0 fully saturated rings. The summed E-state index contributed by atoms with van der Waals surface area (Å²) in [5.41, 5.74) is 0.653. The molecule has 1 aromatic carbocycles. The van der Waals surface area contributed by atoms with E-state index in [1.165, 1.54) is 19.1 Å². The second-order valence-electron chi connectivity index (χ2n) is 5.00. The smallest absolute Gasteiger partial charge is 0.263 e. The van der Waals surface area contributed by atoms with Crippen LogP contribution in [0, 0.1) is 6.92 Å². The number of hydrogen-bond acceptors (Lipinski definition) is 8. The lowest BCUT2D eigenvalue weighted by atomic mass is 10.2. The normalized spacial score (nSPS) is 14.2. The van der Waals surface area contributed by atoms with Gasteiger partial charge in [-0.25, -0.2) is 13.0 Å². The minimum absolute atomic E-state index is 0.507. The summed E-state index contributed by atoms with van der Waals surface area (Å²) in [5, 5.41) is 0. The van der Waals surface area contributed by atoms with E-state index >= 15 is 0 Å². The highest BCUT2D eigenvalue weighted by atomic mass is 32.3. The Kier molecular flexibility index (Phi) is 9.59. The van der Waals surface area contributed by atoms with Gasteiger partial charge in [0.15, 0.2) is 0 Å². The van der Waals surface area contributed by atoms with E-state index < -0.39 is 60.0 Å². The van der Waals surface area contributed by atoms with E-state index in [0.29, 0.717) is 5.56 Å². The Hall–Kier alpha value is -1.40. The number of benzene rings is 1. The second kappa shape index (κ2) is 10.1. The van der Waals surface area contributed by atoms with Gasteiger partial charge in [-0.3, -0.25) is 4.55 Å². The van der Waals surface area contributed by atoms with Crippen molar-refractivity contribution < 1.29 is 59.6 Å². The summed E-state index contributed by atoms with van der Waals surface area (Å²) < 4.78 is 139. The minimum atomic E-state index is -5.48. The molecule has 0 aromatic heterocycles. The highest BCUT2D eigenvalue weighted by molar-refractivity contribution is 7.97. The number of hydrogen-bond donors (Lipinski definition) is 1. The molecule has 9 nitrogen and oxygen atoms in total. The summed E-state index contributed by atoms with van der Waals surface area (Å²) >= 11 is 0. The van der Waals surface area contributed by atoms with Crippen molar-refractivity contribution in [3.05, 3.63) is 29.8 Å². The Balaban J connectivity index is 0.000000665. The molecule has 0 heterocycles. The van der Waals surface area contributed by atoms with Crippen LogP contribution in [0.4, 0.5) is 22.0 Å². The van der Waals surface area contributed by atoms with E-state index in [-0.39, 0.29) is 0 Å². The standard InChI is InChI=1S/C10H9F5O3S.C2H6O6S2/c1-6-2-4-7(5-3-6)19(16,17)18-8(9(11)12)10(13,14)15;1-2-9(3,4)8-10(5,6)7/h2-5,8-9H,1H3;2H2,1H3,(H,5,6,7). The molecule has 17 heteroatoms. The Labute approximate surface area is 163 Å². The number of alkyl halides is 5. The van der Waals surface area contributed by atoms with Gasteiger partial charge in [0, 0.05) is 0 Å². The van der Waals surface area contributed by atoms with Crippen LogP contribution in [0.2, 0.25) is 0 Å². The first-order valence-corrected chi connectivity index (χ1v) is 11.4. The Bertz CT molecular complexity index is 969. The molecular weight excluding hydrogens is 479 g/mol. The van der Waals surface area contributed by atoms with Gasteiger partial charge >= 0.3 is 16.6 Å².